The van der Waals surface area contributed by atoms with E-state index in [0.717, 1.165) is 41.6 Å². The van der Waals surface area contributed by atoms with E-state index in [9.17, 15) is 19.2 Å². The van der Waals surface area contributed by atoms with Crippen molar-refractivity contribution in [3.63, 3.8) is 0 Å². The predicted molar refractivity (Wildman–Crippen MR) is 210 cm³/mol. The highest BCUT2D eigenvalue weighted by molar-refractivity contribution is 6.05. The number of carbonyl (C=O) groups is 4. The molecule has 0 saturated heterocycles. The number of benzene rings is 2. The highest BCUT2D eigenvalue weighted by Gasteiger charge is 2.24. The Kier molecular flexibility index (Phi) is 11.1. The smallest absolute Gasteiger partial charge is 0.276 e. The Morgan fingerprint density at radius 2 is 1.31 bits per heavy atom. The fourth-order valence-electron chi connectivity index (χ4n) is 6.75. The lowest BCUT2D eigenvalue weighted by Crippen LogP contribution is -2.21. The lowest BCUT2D eigenvalue weighted by atomic mass is 10.0. The van der Waals surface area contributed by atoms with Crippen LogP contribution in [0.15, 0.2) is 67.8 Å². The van der Waals surface area contributed by atoms with Crippen LogP contribution in [-0.4, -0.2) is 62.3 Å². The Bertz CT molecular complexity index is 2480. The van der Waals surface area contributed by atoms with E-state index in [1.807, 2.05) is 25.3 Å². The first-order chi connectivity index (χ1) is 26.4. The van der Waals surface area contributed by atoms with Crippen molar-refractivity contribution in [3.05, 3.63) is 107 Å². The highest BCUT2D eigenvalue weighted by atomic mass is 16.2. The van der Waals surface area contributed by atoms with Gasteiger partial charge in [0.2, 0.25) is 23.7 Å². The largest absolute Gasteiger partial charge is 0.366 e. The van der Waals surface area contributed by atoms with Crippen LogP contribution in [0.25, 0.3) is 22.1 Å². The molecule has 0 spiro atoms. The SMILES string of the molecule is C=CCn1c(NC(=O)c2cc(C)nn2CCCCCc2c(C)nn(CC)c2C(=O)Nc2nc3cc(C(N)=O)ccc3n2CC=C)nc2cc(C(N)=O)ccc21. The third kappa shape index (κ3) is 7.78. The first kappa shape index (κ1) is 37.9. The van der Waals surface area contributed by atoms with Crippen LogP contribution in [0.1, 0.15) is 84.8 Å². The quantitative estimate of drug-likeness (QED) is 0.0742. The zero-order chi connectivity index (χ0) is 39.4. The van der Waals surface area contributed by atoms with Gasteiger partial charge in [0.15, 0.2) is 0 Å². The summed E-state index contributed by atoms with van der Waals surface area (Å²) in [6.07, 6.45) is 6.31. The average Bonchev–Trinajstić information content (AvgIpc) is 3.89. The van der Waals surface area contributed by atoms with Crippen LogP contribution in [-0.2, 0) is 32.6 Å². The molecule has 6 N–H and O–H groups in total. The number of imidazole rings is 2. The lowest BCUT2D eigenvalue weighted by molar-refractivity contribution is 0.0992. The number of carbonyl (C=O) groups excluding carboxylic acids is 4. The maximum Gasteiger partial charge on any atom is 0.276 e. The number of fused-ring (bicyclic) bond motifs is 2. The van der Waals surface area contributed by atoms with Crippen molar-refractivity contribution in [2.45, 2.75) is 72.6 Å². The van der Waals surface area contributed by atoms with Crippen molar-refractivity contribution in [1.29, 1.82) is 0 Å². The van der Waals surface area contributed by atoms with E-state index < -0.39 is 11.8 Å². The summed E-state index contributed by atoms with van der Waals surface area (Å²) in [5.41, 5.74) is 17.2. The average molecular weight is 745 g/mol. The number of unbranched alkanes of at least 4 members (excludes halogenated alkanes) is 2. The molecular formula is C39H44N12O4. The molecule has 55 heavy (non-hydrogen) atoms. The summed E-state index contributed by atoms with van der Waals surface area (Å²) in [7, 11) is 0. The molecule has 4 amide bonds. The maximum absolute atomic E-state index is 13.9. The van der Waals surface area contributed by atoms with Gasteiger partial charge >= 0.3 is 0 Å². The molecule has 0 atom stereocenters. The van der Waals surface area contributed by atoms with E-state index in [1.54, 1.807) is 68.5 Å². The Balaban J connectivity index is 1.12. The fourth-order valence-corrected chi connectivity index (χ4v) is 6.75. The number of aryl methyl sites for hydroxylation is 4. The molecule has 16 nitrogen and oxygen atoms in total. The molecule has 0 unspecified atom stereocenters. The number of hydrogen-bond acceptors (Lipinski definition) is 8. The van der Waals surface area contributed by atoms with Crippen LogP contribution >= 0.6 is 0 Å². The van der Waals surface area contributed by atoms with E-state index in [4.69, 9.17) is 11.5 Å². The minimum Gasteiger partial charge on any atom is -0.366 e. The van der Waals surface area contributed by atoms with Gasteiger partial charge in [-0.25, -0.2) is 9.97 Å². The standard InChI is InChI=1S/C39H44N12O4/c1-6-17-48-30-15-13-25(34(40)52)21-28(30)42-38(48)44-36(54)32-20-23(4)46-51(32)19-11-9-10-12-27-24(5)47-50(8-3)33(27)37(55)45-39-43-29-22-26(35(41)53)14-16-31(29)49(39)18-7-2/h6-7,13-16,20-22H,1-2,8-12,17-19H2,3-5H3,(H2,40,52)(H2,41,53)(H,42,44,54)(H,43,45,55). The Hall–Kier alpha value is -6.84. The van der Waals surface area contributed by atoms with Gasteiger partial charge in [-0.2, -0.15) is 10.2 Å². The molecule has 6 rings (SSSR count). The Morgan fingerprint density at radius 1 is 0.745 bits per heavy atom. The second-order valence-electron chi connectivity index (χ2n) is 13.1. The van der Waals surface area contributed by atoms with E-state index in [1.165, 1.54) is 0 Å². The van der Waals surface area contributed by atoms with Crippen LogP contribution in [0.3, 0.4) is 0 Å². The molecule has 0 aliphatic rings. The molecule has 0 fully saturated rings. The summed E-state index contributed by atoms with van der Waals surface area (Å²) in [6, 6.07) is 11.7. The molecule has 4 aromatic heterocycles. The zero-order valence-corrected chi connectivity index (χ0v) is 31.1. The van der Waals surface area contributed by atoms with Gasteiger partial charge in [0.1, 0.15) is 11.4 Å². The number of aromatic nitrogens is 8. The minimum absolute atomic E-state index is 0.310. The number of nitrogens with zero attached hydrogens (tertiary/aromatic N) is 8. The molecule has 4 heterocycles. The second kappa shape index (κ2) is 16.0. The fraction of sp³-hybridized carbons (Fsp3) is 0.282. The van der Waals surface area contributed by atoms with Gasteiger partial charge < -0.3 is 20.6 Å². The number of anilines is 2. The van der Waals surface area contributed by atoms with Crippen molar-refractivity contribution < 1.29 is 19.2 Å². The first-order valence-electron chi connectivity index (χ1n) is 18.0. The topological polar surface area (TPSA) is 216 Å². The van der Waals surface area contributed by atoms with E-state index in [2.05, 4.69) is 44.0 Å². The molecular weight excluding hydrogens is 701 g/mol. The van der Waals surface area contributed by atoms with Crippen molar-refractivity contribution in [2.75, 3.05) is 10.6 Å². The number of hydrogen-bond donors (Lipinski definition) is 4. The zero-order valence-electron chi connectivity index (χ0n) is 31.1. The monoisotopic (exact) mass is 744 g/mol. The van der Waals surface area contributed by atoms with Crippen molar-refractivity contribution >= 4 is 57.6 Å². The molecule has 0 aliphatic heterocycles. The Labute approximate surface area is 316 Å². The number of rotatable bonds is 17. The summed E-state index contributed by atoms with van der Waals surface area (Å²) in [5, 5.41) is 15.1. The van der Waals surface area contributed by atoms with Gasteiger partial charge in [-0.05, 0) is 82.5 Å². The normalized spacial score (nSPS) is 11.3. The maximum atomic E-state index is 13.9. The Morgan fingerprint density at radius 3 is 1.84 bits per heavy atom. The van der Waals surface area contributed by atoms with Gasteiger partial charge in [0.05, 0.1) is 33.5 Å². The summed E-state index contributed by atoms with van der Waals surface area (Å²) in [5.74, 6) is -1.22. The molecule has 0 bridgehead atoms. The third-order valence-electron chi connectivity index (χ3n) is 9.34. The molecule has 0 saturated carbocycles. The highest BCUT2D eigenvalue weighted by Crippen LogP contribution is 2.25. The van der Waals surface area contributed by atoms with Crippen molar-refractivity contribution in [3.8, 4) is 0 Å². The molecule has 284 valence electrons. The van der Waals surface area contributed by atoms with Crippen LogP contribution < -0.4 is 22.1 Å². The number of nitrogens with two attached hydrogens (primary N) is 2. The van der Waals surface area contributed by atoms with Crippen LogP contribution in [0.4, 0.5) is 11.9 Å². The molecule has 6 aromatic rings. The first-order valence-corrected chi connectivity index (χ1v) is 18.0. The lowest BCUT2D eigenvalue weighted by Gasteiger charge is -2.11. The van der Waals surface area contributed by atoms with E-state index in [0.29, 0.717) is 83.7 Å². The summed E-state index contributed by atoms with van der Waals surface area (Å²) < 4.78 is 7.00. The van der Waals surface area contributed by atoms with E-state index >= 15 is 0 Å². The van der Waals surface area contributed by atoms with Gasteiger partial charge in [-0.15, -0.1) is 13.2 Å². The van der Waals surface area contributed by atoms with Crippen molar-refractivity contribution in [1.82, 2.24) is 38.7 Å². The van der Waals surface area contributed by atoms with Crippen LogP contribution in [0.5, 0.6) is 0 Å². The third-order valence-corrected chi connectivity index (χ3v) is 9.34. The number of nitrogens with one attached hydrogen (secondary N) is 2. The molecule has 0 aliphatic carbocycles. The number of amides is 4. The van der Waals surface area contributed by atoms with E-state index in [-0.39, 0.29) is 11.8 Å². The second-order valence-corrected chi connectivity index (χ2v) is 13.1. The number of primary amides is 2. The van der Waals surface area contributed by atoms with Crippen molar-refractivity contribution in [2.24, 2.45) is 11.5 Å². The summed E-state index contributed by atoms with van der Waals surface area (Å²) >= 11 is 0. The van der Waals surface area contributed by atoms with Crippen LogP contribution in [0, 0.1) is 13.8 Å². The molecule has 0 radical (unpaired) electrons. The minimum atomic E-state index is -0.567. The number of allylic oxidation sites excluding steroid dienone is 2. The van der Waals surface area contributed by atoms with Crippen LogP contribution in [0.2, 0.25) is 0 Å². The van der Waals surface area contributed by atoms with Gasteiger partial charge in [0.25, 0.3) is 11.8 Å². The summed E-state index contributed by atoms with van der Waals surface area (Å²) in [6.45, 7) is 15.1. The molecule has 16 heteroatoms. The summed E-state index contributed by atoms with van der Waals surface area (Å²) in [4.78, 5) is 60.1. The molecule has 2 aromatic carbocycles. The van der Waals surface area contributed by atoms with Gasteiger partial charge in [0, 0.05) is 42.9 Å². The van der Waals surface area contributed by atoms with Gasteiger partial charge in [-0.3, -0.25) is 39.2 Å². The van der Waals surface area contributed by atoms with Gasteiger partial charge in [-0.1, -0.05) is 18.6 Å². The predicted octanol–water partition coefficient (Wildman–Crippen LogP) is 4.90.